The van der Waals surface area contributed by atoms with Gasteiger partial charge in [-0.25, -0.2) is 8.78 Å². The molecule has 0 aromatic heterocycles. The third-order valence-electron chi connectivity index (χ3n) is 2.05. The smallest absolute Gasteiger partial charge is 0.257 e. The van der Waals surface area contributed by atoms with Crippen LogP contribution in [0.15, 0.2) is 12.1 Å². The minimum atomic E-state index is -1.11. The maximum Gasteiger partial charge on any atom is 0.257 e. The van der Waals surface area contributed by atoms with Gasteiger partial charge in [0.05, 0.1) is 18.2 Å². The summed E-state index contributed by atoms with van der Waals surface area (Å²) in [6.07, 6.45) is 0. The van der Waals surface area contributed by atoms with Crippen LogP contribution in [0.2, 0.25) is 0 Å². The monoisotopic (exact) mass is 240 g/mol. The molecule has 0 saturated heterocycles. The summed E-state index contributed by atoms with van der Waals surface area (Å²) in [5, 5.41) is 19.4. The third kappa shape index (κ3) is 2.98. The van der Waals surface area contributed by atoms with E-state index in [1.165, 1.54) is 6.92 Å². The number of nitrogens with one attached hydrogen (secondary N) is 1. The molecular formula is C11H10F2N2O2. The summed E-state index contributed by atoms with van der Waals surface area (Å²) < 4.78 is 26.8. The largest absolute Gasteiger partial charge is 0.394 e. The van der Waals surface area contributed by atoms with Gasteiger partial charge in [0.25, 0.3) is 5.91 Å². The second kappa shape index (κ2) is 5.37. The van der Waals surface area contributed by atoms with Crippen molar-refractivity contribution in [3.05, 3.63) is 34.9 Å². The lowest BCUT2D eigenvalue weighted by Crippen LogP contribution is -2.36. The molecule has 1 rings (SSSR count). The van der Waals surface area contributed by atoms with Crippen LogP contribution in [0.3, 0.4) is 0 Å². The summed E-state index contributed by atoms with van der Waals surface area (Å²) in [5.74, 6) is -3.18. The summed E-state index contributed by atoms with van der Waals surface area (Å²) in [5.41, 5.74) is -0.962. The van der Waals surface area contributed by atoms with E-state index in [1.807, 2.05) is 0 Å². The zero-order chi connectivity index (χ0) is 13.0. The molecule has 0 saturated carbocycles. The SMILES string of the molecule is CC(CO)NC(=O)c1c(F)cc(C#N)cc1F. The molecule has 0 aliphatic rings. The summed E-state index contributed by atoms with van der Waals surface area (Å²) in [6.45, 7) is 1.14. The van der Waals surface area contributed by atoms with Gasteiger partial charge >= 0.3 is 0 Å². The number of aliphatic hydroxyl groups is 1. The minimum Gasteiger partial charge on any atom is -0.394 e. The van der Waals surface area contributed by atoms with Crippen LogP contribution in [0.25, 0.3) is 0 Å². The number of halogens is 2. The number of benzene rings is 1. The number of rotatable bonds is 3. The van der Waals surface area contributed by atoms with Crippen molar-refractivity contribution in [3.63, 3.8) is 0 Å². The number of hydrogen-bond acceptors (Lipinski definition) is 3. The first-order chi connectivity index (χ1) is 7.99. The first-order valence-electron chi connectivity index (χ1n) is 4.80. The lowest BCUT2D eigenvalue weighted by atomic mass is 10.1. The van der Waals surface area contributed by atoms with Crippen molar-refractivity contribution in [1.82, 2.24) is 5.32 Å². The van der Waals surface area contributed by atoms with E-state index in [9.17, 15) is 13.6 Å². The van der Waals surface area contributed by atoms with Crippen molar-refractivity contribution in [1.29, 1.82) is 5.26 Å². The van der Waals surface area contributed by atoms with Crippen molar-refractivity contribution < 1.29 is 18.7 Å². The van der Waals surface area contributed by atoms with E-state index < -0.39 is 29.1 Å². The number of aliphatic hydroxyl groups excluding tert-OH is 1. The average Bonchev–Trinajstić information content (AvgIpc) is 2.27. The third-order valence-corrected chi connectivity index (χ3v) is 2.05. The first-order valence-corrected chi connectivity index (χ1v) is 4.80. The van der Waals surface area contributed by atoms with Crippen LogP contribution in [-0.2, 0) is 0 Å². The van der Waals surface area contributed by atoms with Crippen LogP contribution in [0, 0.1) is 23.0 Å². The maximum atomic E-state index is 13.4. The molecule has 0 bridgehead atoms. The first kappa shape index (κ1) is 13.1. The van der Waals surface area contributed by atoms with Crippen molar-refractivity contribution in [2.24, 2.45) is 0 Å². The molecule has 90 valence electrons. The van der Waals surface area contributed by atoms with Gasteiger partial charge in [-0.3, -0.25) is 4.79 Å². The Kier molecular flexibility index (Phi) is 4.12. The molecule has 0 heterocycles. The van der Waals surface area contributed by atoms with E-state index in [4.69, 9.17) is 10.4 Å². The van der Waals surface area contributed by atoms with Crippen LogP contribution < -0.4 is 5.32 Å². The highest BCUT2D eigenvalue weighted by atomic mass is 19.1. The fraction of sp³-hybridized carbons (Fsp3) is 0.273. The molecule has 0 aliphatic carbocycles. The van der Waals surface area contributed by atoms with Gasteiger partial charge in [0.2, 0.25) is 0 Å². The molecule has 1 atom stereocenters. The van der Waals surface area contributed by atoms with Gasteiger partial charge in [-0.05, 0) is 19.1 Å². The van der Waals surface area contributed by atoms with Crippen LogP contribution in [0.1, 0.15) is 22.8 Å². The van der Waals surface area contributed by atoms with Crippen LogP contribution in [0.4, 0.5) is 8.78 Å². The summed E-state index contributed by atoms with van der Waals surface area (Å²) >= 11 is 0. The van der Waals surface area contributed by atoms with Crippen LogP contribution >= 0.6 is 0 Å². The zero-order valence-electron chi connectivity index (χ0n) is 9.00. The van der Waals surface area contributed by atoms with Gasteiger partial charge in [0, 0.05) is 6.04 Å². The number of carbonyl (C=O) groups excluding carboxylic acids is 1. The molecular weight excluding hydrogens is 230 g/mol. The summed E-state index contributed by atoms with van der Waals surface area (Å²) in [4.78, 5) is 11.5. The zero-order valence-corrected chi connectivity index (χ0v) is 9.00. The lowest BCUT2D eigenvalue weighted by Gasteiger charge is -2.11. The Hall–Kier alpha value is -2.00. The number of carbonyl (C=O) groups is 1. The normalized spacial score (nSPS) is 11.7. The van der Waals surface area contributed by atoms with Crippen LogP contribution in [-0.4, -0.2) is 23.7 Å². The van der Waals surface area contributed by atoms with Gasteiger partial charge < -0.3 is 10.4 Å². The fourth-order valence-corrected chi connectivity index (χ4v) is 1.20. The van der Waals surface area contributed by atoms with Crippen molar-refractivity contribution >= 4 is 5.91 Å². The van der Waals surface area contributed by atoms with Crippen molar-refractivity contribution in [2.75, 3.05) is 6.61 Å². The van der Waals surface area contributed by atoms with E-state index in [2.05, 4.69) is 5.32 Å². The fourth-order valence-electron chi connectivity index (χ4n) is 1.20. The van der Waals surface area contributed by atoms with E-state index in [1.54, 1.807) is 6.07 Å². The van der Waals surface area contributed by atoms with E-state index >= 15 is 0 Å². The molecule has 0 radical (unpaired) electrons. The van der Waals surface area contributed by atoms with Crippen molar-refractivity contribution in [3.8, 4) is 6.07 Å². The molecule has 1 unspecified atom stereocenters. The predicted molar refractivity (Wildman–Crippen MR) is 55.1 cm³/mol. The van der Waals surface area contributed by atoms with Gasteiger partial charge in [-0.15, -0.1) is 0 Å². The molecule has 1 aromatic rings. The second-order valence-electron chi connectivity index (χ2n) is 3.48. The molecule has 17 heavy (non-hydrogen) atoms. The number of nitrogens with zero attached hydrogens (tertiary/aromatic N) is 1. The molecule has 0 fully saturated rings. The molecule has 1 amide bonds. The Morgan fingerprint density at radius 1 is 1.53 bits per heavy atom. The second-order valence-corrected chi connectivity index (χ2v) is 3.48. The average molecular weight is 240 g/mol. The highest BCUT2D eigenvalue weighted by Crippen LogP contribution is 2.15. The molecule has 1 aromatic carbocycles. The topological polar surface area (TPSA) is 73.1 Å². The lowest BCUT2D eigenvalue weighted by molar-refractivity contribution is 0.0913. The van der Waals surface area contributed by atoms with E-state index in [0.717, 1.165) is 12.1 Å². The predicted octanol–water partition coefficient (Wildman–Crippen LogP) is 0.947. The highest BCUT2D eigenvalue weighted by molar-refractivity contribution is 5.95. The van der Waals surface area contributed by atoms with E-state index in [0.29, 0.717) is 0 Å². The van der Waals surface area contributed by atoms with Gasteiger partial charge in [-0.2, -0.15) is 5.26 Å². The molecule has 0 aliphatic heterocycles. The molecule has 2 N–H and O–H groups in total. The van der Waals surface area contributed by atoms with Gasteiger partial charge in [-0.1, -0.05) is 0 Å². The number of amides is 1. The Morgan fingerprint density at radius 3 is 2.47 bits per heavy atom. The standard InChI is InChI=1S/C11H10F2N2O2/c1-6(5-16)15-11(17)10-8(12)2-7(4-14)3-9(10)13/h2-3,6,16H,5H2,1H3,(H,15,17). The summed E-state index contributed by atoms with van der Waals surface area (Å²) in [6, 6.07) is 2.52. The minimum absolute atomic E-state index is 0.202. The van der Waals surface area contributed by atoms with Crippen LogP contribution in [0.5, 0.6) is 0 Å². The van der Waals surface area contributed by atoms with Gasteiger partial charge in [0.1, 0.15) is 17.2 Å². The number of hydrogen-bond donors (Lipinski definition) is 2. The quantitative estimate of drug-likeness (QED) is 0.826. The Labute approximate surface area is 96.5 Å². The molecule has 0 spiro atoms. The van der Waals surface area contributed by atoms with Gasteiger partial charge in [0.15, 0.2) is 0 Å². The Bertz CT molecular complexity index is 460. The maximum absolute atomic E-state index is 13.4. The molecule has 4 nitrogen and oxygen atoms in total. The Morgan fingerprint density at radius 2 is 2.06 bits per heavy atom. The highest BCUT2D eigenvalue weighted by Gasteiger charge is 2.19. The van der Waals surface area contributed by atoms with E-state index in [-0.39, 0.29) is 12.2 Å². The molecule has 6 heteroatoms. The number of nitriles is 1. The Balaban J connectivity index is 3.07. The summed E-state index contributed by atoms with van der Waals surface area (Å²) in [7, 11) is 0. The van der Waals surface area contributed by atoms with Crippen molar-refractivity contribution in [2.45, 2.75) is 13.0 Å².